The number of hydrogen-bond acceptors (Lipinski definition) is 4. The fourth-order valence-electron chi connectivity index (χ4n) is 4.85. The van der Waals surface area contributed by atoms with E-state index in [0.717, 1.165) is 50.1 Å². The predicted octanol–water partition coefficient (Wildman–Crippen LogP) is 3.78. The number of carbonyl (C=O) groups excluding carboxylic acids is 1. The van der Waals surface area contributed by atoms with Crippen molar-refractivity contribution in [2.24, 2.45) is 5.41 Å². The Hall–Kier alpha value is -2.15. The number of piperidine rings is 1. The van der Waals surface area contributed by atoms with Crippen LogP contribution in [0.25, 0.3) is 11.2 Å². The number of fused-ring (bicyclic) bond motifs is 1. The molecular weight excluding hydrogens is 433 g/mol. The average Bonchev–Trinajstić information content (AvgIpc) is 3.15. The van der Waals surface area contributed by atoms with E-state index >= 15 is 0 Å². The number of aryl methyl sites for hydroxylation is 2. The van der Waals surface area contributed by atoms with E-state index in [1.807, 2.05) is 18.5 Å². The van der Waals surface area contributed by atoms with E-state index in [0.29, 0.717) is 17.0 Å². The van der Waals surface area contributed by atoms with Crippen LogP contribution < -0.4 is 10.6 Å². The van der Waals surface area contributed by atoms with E-state index < -0.39 is 0 Å². The van der Waals surface area contributed by atoms with Gasteiger partial charge < -0.3 is 15.2 Å². The second-order valence-corrected chi connectivity index (χ2v) is 8.57. The molecule has 1 spiro atoms. The molecule has 1 saturated heterocycles. The highest BCUT2D eigenvalue weighted by atomic mass is 35.5. The molecule has 1 saturated carbocycles. The second-order valence-electron chi connectivity index (χ2n) is 8.57. The Bertz CT molecular complexity index is 1010. The topological polar surface area (TPSA) is 71.8 Å². The van der Waals surface area contributed by atoms with E-state index in [-0.39, 0.29) is 30.7 Å². The van der Waals surface area contributed by atoms with Crippen LogP contribution in [0, 0.1) is 5.41 Å². The summed E-state index contributed by atoms with van der Waals surface area (Å²) in [5, 5.41) is 6.61. The van der Waals surface area contributed by atoms with Crippen molar-refractivity contribution >= 4 is 41.9 Å². The molecule has 3 aromatic rings. The number of halogens is 2. The van der Waals surface area contributed by atoms with Gasteiger partial charge in [-0.3, -0.25) is 4.79 Å². The number of pyridine rings is 1. The van der Waals surface area contributed by atoms with Crippen molar-refractivity contribution in [1.82, 2.24) is 25.2 Å². The molecule has 0 radical (unpaired) electrons. The summed E-state index contributed by atoms with van der Waals surface area (Å²) in [4.78, 5) is 21.7. The van der Waals surface area contributed by atoms with Gasteiger partial charge in [0, 0.05) is 18.8 Å². The molecule has 8 heteroatoms. The van der Waals surface area contributed by atoms with Crippen molar-refractivity contribution < 1.29 is 4.79 Å². The van der Waals surface area contributed by atoms with E-state index in [4.69, 9.17) is 0 Å². The number of carbonyl (C=O) groups is 1. The smallest absolute Gasteiger partial charge is 0.253 e. The first-order valence-corrected chi connectivity index (χ1v) is 10.6. The molecule has 3 heterocycles. The molecule has 6 nitrogen and oxygen atoms in total. The summed E-state index contributed by atoms with van der Waals surface area (Å²) in [7, 11) is 0. The fourth-order valence-corrected chi connectivity index (χ4v) is 4.85. The molecule has 2 fully saturated rings. The van der Waals surface area contributed by atoms with Gasteiger partial charge in [0.05, 0.1) is 11.9 Å². The molecule has 0 atom stereocenters. The monoisotopic (exact) mass is 461 g/mol. The Kier molecular flexibility index (Phi) is 7.57. The van der Waals surface area contributed by atoms with Gasteiger partial charge in [-0.05, 0) is 62.2 Å². The Morgan fingerprint density at radius 3 is 2.61 bits per heavy atom. The Balaban J connectivity index is 0.00000136. The summed E-state index contributed by atoms with van der Waals surface area (Å²) in [5.41, 5.74) is 3.95. The highest BCUT2D eigenvalue weighted by molar-refractivity contribution is 5.96. The maximum absolute atomic E-state index is 12.7. The molecule has 31 heavy (non-hydrogen) atoms. The summed E-state index contributed by atoms with van der Waals surface area (Å²) >= 11 is 0. The minimum atomic E-state index is -0.0352. The number of rotatable bonds is 5. The summed E-state index contributed by atoms with van der Waals surface area (Å²) in [6.07, 6.45) is 9.08. The van der Waals surface area contributed by atoms with Crippen LogP contribution in [0.15, 0.2) is 48.9 Å². The number of imidazole rings is 1. The molecular formula is C23H29Cl2N5O. The zero-order chi connectivity index (χ0) is 19.7. The van der Waals surface area contributed by atoms with Crippen LogP contribution in [-0.2, 0) is 13.0 Å². The van der Waals surface area contributed by atoms with Gasteiger partial charge in [0.25, 0.3) is 5.91 Å². The van der Waals surface area contributed by atoms with E-state index in [1.54, 1.807) is 6.20 Å². The third-order valence-corrected chi connectivity index (χ3v) is 6.56. The lowest BCUT2D eigenvalue weighted by Gasteiger charge is -2.50. The van der Waals surface area contributed by atoms with Gasteiger partial charge in [-0.15, -0.1) is 24.8 Å². The summed E-state index contributed by atoms with van der Waals surface area (Å²) in [5.74, 6) is -0.0352. The normalized spacial score (nSPS) is 17.4. The van der Waals surface area contributed by atoms with E-state index in [2.05, 4.69) is 49.4 Å². The minimum Gasteiger partial charge on any atom is -0.349 e. The first-order chi connectivity index (χ1) is 14.2. The Labute approximate surface area is 195 Å². The quantitative estimate of drug-likeness (QED) is 0.606. The summed E-state index contributed by atoms with van der Waals surface area (Å²) < 4.78 is 2.05. The lowest BCUT2D eigenvalue weighted by Crippen LogP contribution is -2.54. The molecule has 2 N–H and O–H groups in total. The van der Waals surface area contributed by atoms with E-state index in [1.165, 1.54) is 18.4 Å². The van der Waals surface area contributed by atoms with Gasteiger partial charge in [0.15, 0.2) is 5.65 Å². The number of nitrogens with zero attached hydrogens (tertiary/aromatic N) is 3. The predicted molar refractivity (Wildman–Crippen MR) is 127 cm³/mol. The average molecular weight is 462 g/mol. The van der Waals surface area contributed by atoms with Crippen molar-refractivity contribution in [3.63, 3.8) is 0 Å². The zero-order valence-corrected chi connectivity index (χ0v) is 19.1. The molecule has 5 rings (SSSR count). The van der Waals surface area contributed by atoms with Crippen molar-refractivity contribution in [3.8, 4) is 0 Å². The van der Waals surface area contributed by atoms with Gasteiger partial charge >= 0.3 is 0 Å². The molecule has 1 aliphatic carbocycles. The minimum absolute atomic E-state index is 0. The number of nitrogens with one attached hydrogen (secondary N) is 2. The van der Waals surface area contributed by atoms with Crippen LogP contribution in [0.4, 0.5) is 0 Å². The van der Waals surface area contributed by atoms with Crippen molar-refractivity contribution in [1.29, 1.82) is 0 Å². The summed E-state index contributed by atoms with van der Waals surface area (Å²) in [6.45, 7) is 3.03. The number of hydrogen-bond donors (Lipinski definition) is 2. The maximum atomic E-state index is 12.7. The Morgan fingerprint density at radius 1 is 1.13 bits per heavy atom. The second kappa shape index (κ2) is 9.98. The molecule has 2 aromatic heterocycles. The molecule has 1 aliphatic heterocycles. The van der Waals surface area contributed by atoms with E-state index in [9.17, 15) is 4.79 Å². The summed E-state index contributed by atoms with van der Waals surface area (Å²) in [6, 6.07) is 12.5. The first kappa shape index (κ1) is 23.5. The highest BCUT2D eigenvalue weighted by Gasteiger charge is 2.44. The van der Waals surface area contributed by atoms with Crippen LogP contribution in [0.5, 0.6) is 0 Å². The number of benzene rings is 1. The first-order valence-electron chi connectivity index (χ1n) is 10.6. The molecule has 0 unspecified atom stereocenters. The lowest BCUT2D eigenvalue weighted by atomic mass is 9.60. The van der Waals surface area contributed by atoms with Crippen LogP contribution >= 0.6 is 24.8 Å². The van der Waals surface area contributed by atoms with Crippen LogP contribution in [0.1, 0.15) is 41.6 Å². The van der Waals surface area contributed by atoms with Gasteiger partial charge in [0.2, 0.25) is 0 Å². The van der Waals surface area contributed by atoms with Gasteiger partial charge in [-0.1, -0.05) is 30.3 Å². The van der Waals surface area contributed by atoms with Gasteiger partial charge in [-0.2, -0.15) is 0 Å². The SMILES string of the molecule is Cl.Cl.O=C(NC1CC2(CCNCC2)C1)c1cnc2c(c1)ncn2CCc1ccccc1. The third-order valence-electron chi connectivity index (χ3n) is 6.56. The van der Waals surface area contributed by atoms with Gasteiger partial charge in [-0.25, -0.2) is 9.97 Å². The molecule has 1 amide bonds. The standard InChI is InChI=1S/C23H27N5O.2ClH/c29-22(27-19-13-23(14-19)7-9-24-10-8-23)18-12-20-21(25-15-18)28(16-26-20)11-6-17-4-2-1-3-5-17;;/h1-5,12,15-16,19,24H,6-11,13-14H2,(H,27,29);2*1H. The third kappa shape index (κ3) is 5.03. The molecule has 2 aliphatic rings. The lowest BCUT2D eigenvalue weighted by molar-refractivity contribution is 0.0423. The van der Waals surface area contributed by atoms with Crippen molar-refractivity contribution in [3.05, 3.63) is 60.0 Å². The van der Waals surface area contributed by atoms with Gasteiger partial charge in [0.1, 0.15) is 5.52 Å². The van der Waals surface area contributed by atoms with Crippen molar-refractivity contribution in [2.45, 2.75) is 44.7 Å². The Morgan fingerprint density at radius 2 is 1.87 bits per heavy atom. The zero-order valence-electron chi connectivity index (χ0n) is 17.4. The van der Waals surface area contributed by atoms with Crippen LogP contribution in [-0.4, -0.2) is 39.6 Å². The molecule has 0 bridgehead atoms. The van der Waals surface area contributed by atoms with Crippen LogP contribution in [0.2, 0.25) is 0 Å². The molecule has 166 valence electrons. The number of amides is 1. The fraction of sp³-hybridized carbons (Fsp3) is 0.435. The number of aromatic nitrogens is 3. The largest absolute Gasteiger partial charge is 0.349 e. The van der Waals surface area contributed by atoms with Crippen molar-refractivity contribution in [2.75, 3.05) is 13.1 Å². The maximum Gasteiger partial charge on any atom is 0.253 e. The highest BCUT2D eigenvalue weighted by Crippen LogP contribution is 2.47. The van der Waals surface area contributed by atoms with Crippen LogP contribution in [0.3, 0.4) is 0 Å². The molecule has 1 aromatic carbocycles.